The van der Waals surface area contributed by atoms with E-state index in [4.69, 9.17) is 14.2 Å². The Hall–Kier alpha value is -3.14. The minimum Gasteiger partial charge on any atom is -0.496 e. The lowest BCUT2D eigenvalue weighted by Crippen LogP contribution is -1.98. The summed E-state index contributed by atoms with van der Waals surface area (Å²) < 4.78 is 16.5. The second-order valence-corrected chi connectivity index (χ2v) is 5.44. The van der Waals surface area contributed by atoms with Gasteiger partial charge in [-0.1, -0.05) is 36.4 Å². The summed E-state index contributed by atoms with van der Waals surface area (Å²) in [4.78, 5) is 0. The molecule has 0 fully saturated rings. The lowest BCUT2D eigenvalue weighted by molar-refractivity contribution is 0.377. The molecule has 0 unspecified atom stereocenters. The number of ether oxygens (including phenoxy) is 3. The number of benzene rings is 3. The molecule has 4 heteroatoms. The zero-order chi connectivity index (χ0) is 17.6. The van der Waals surface area contributed by atoms with E-state index in [1.54, 1.807) is 21.3 Å². The molecule has 0 aliphatic rings. The quantitative estimate of drug-likeness (QED) is 0.678. The van der Waals surface area contributed by atoms with Crippen LogP contribution in [-0.4, -0.2) is 21.3 Å². The molecule has 128 valence electrons. The van der Waals surface area contributed by atoms with E-state index < -0.39 is 0 Å². The van der Waals surface area contributed by atoms with Crippen LogP contribution >= 0.6 is 0 Å². The van der Waals surface area contributed by atoms with Crippen molar-refractivity contribution in [1.82, 2.24) is 0 Å². The Morgan fingerprint density at radius 3 is 1.88 bits per heavy atom. The number of nitrogens with one attached hydrogen (secondary N) is 1. The van der Waals surface area contributed by atoms with Crippen molar-refractivity contribution < 1.29 is 14.2 Å². The highest BCUT2D eigenvalue weighted by atomic mass is 16.5. The molecule has 0 amide bonds. The zero-order valence-electron chi connectivity index (χ0n) is 14.6. The molecule has 0 aromatic heterocycles. The molecule has 0 aliphatic heterocycles. The van der Waals surface area contributed by atoms with Crippen LogP contribution in [0.4, 0.5) is 11.4 Å². The molecule has 3 rings (SSSR count). The fraction of sp³-hybridized carbons (Fsp3) is 0.143. The molecule has 0 aliphatic carbocycles. The fourth-order valence-electron chi connectivity index (χ4n) is 2.76. The van der Waals surface area contributed by atoms with Gasteiger partial charge in [-0.3, -0.25) is 0 Å². The minimum absolute atomic E-state index is 0.686. The van der Waals surface area contributed by atoms with E-state index in [1.807, 2.05) is 66.7 Å². The molecule has 25 heavy (non-hydrogen) atoms. The Morgan fingerprint density at radius 1 is 0.680 bits per heavy atom. The van der Waals surface area contributed by atoms with E-state index in [9.17, 15) is 0 Å². The van der Waals surface area contributed by atoms with Crippen LogP contribution in [0, 0.1) is 0 Å². The van der Waals surface area contributed by atoms with Gasteiger partial charge < -0.3 is 19.5 Å². The maximum absolute atomic E-state index is 5.60. The molecule has 4 nitrogen and oxygen atoms in total. The largest absolute Gasteiger partial charge is 0.496 e. The Kier molecular flexibility index (Phi) is 5.09. The van der Waals surface area contributed by atoms with Crippen molar-refractivity contribution in [2.45, 2.75) is 0 Å². The molecule has 0 saturated carbocycles. The summed E-state index contributed by atoms with van der Waals surface area (Å²) in [5, 5.41) is 3.46. The average Bonchev–Trinajstić information content (AvgIpc) is 2.68. The maximum atomic E-state index is 5.60. The van der Waals surface area contributed by atoms with Gasteiger partial charge in [0, 0.05) is 29.1 Å². The fourth-order valence-corrected chi connectivity index (χ4v) is 2.76. The first-order valence-electron chi connectivity index (χ1n) is 7.98. The van der Waals surface area contributed by atoms with Gasteiger partial charge in [-0.25, -0.2) is 0 Å². The molecule has 0 radical (unpaired) electrons. The molecule has 0 bridgehead atoms. The molecule has 0 saturated heterocycles. The Bertz CT molecular complexity index is 822. The summed E-state index contributed by atoms with van der Waals surface area (Å²) in [6, 6.07) is 21.8. The van der Waals surface area contributed by atoms with Gasteiger partial charge in [-0.05, 0) is 18.2 Å². The van der Waals surface area contributed by atoms with Crippen LogP contribution in [0.1, 0.15) is 0 Å². The predicted molar refractivity (Wildman–Crippen MR) is 101 cm³/mol. The van der Waals surface area contributed by atoms with E-state index in [0.717, 1.165) is 22.5 Å². The van der Waals surface area contributed by atoms with Crippen LogP contribution < -0.4 is 19.5 Å². The number of hydrogen-bond acceptors (Lipinski definition) is 4. The van der Waals surface area contributed by atoms with Crippen LogP contribution in [0.5, 0.6) is 17.2 Å². The van der Waals surface area contributed by atoms with Crippen molar-refractivity contribution in [3.63, 3.8) is 0 Å². The Balaban J connectivity index is 2.14. The third kappa shape index (κ3) is 3.53. The first-order valence-corrected chi connectivity index (χ1v) is 7.98. The van der Waals surface area contributed by atoms with E-state index in [0.29, 0.717) is 17.2 Å². The normalized spacial score (nSPS) is 10.2. The van der Waals surface area contributed by atoms with Crippen LogP contribution in [0.25, 0.3) is 11.1 Å². The molecular formula is C21H21NO3. The van der Waals surface area contributed by atoms with Gasteiger partial charge in [0.2, 0.25) is 0 Å². The highest BCUT2D eigenvalue weighted by Crippen LogP contribution is 2.44. The minimum atomic E-state index is 0.686. The number of hydrogen-bond donors (Lipinski definition) is 1. The number of anilines is 2. The summed E-state index contributed by atoms with van der Waals surface area (Å²) in [6.07, 6.45) is 0. The molecule has 3 aromatic rings. The standard InChI is InChI=1S/C21H21NO3/c1-23-16-13-19(24-2)21(20(14-16)25-3)17-11-7-8-12-18(17)22-15-9-5-4-6-10-15/h4-14,22H,1-3H3. The van der Waals surface area contributed by atoms with Crippen LogP contribution in [0.2, 0.25) is 0 Å². The van der Waals surface area contributed by atoms with Gasteiger partial charge >= 0.3 is 0 Å². The van der Waals surface area contributed by atoms with Crippen molar-refractivity contribution in [2.75, 3.05) is 26.6 Å². The summed E-state index contributed by atoms with van der Waals surface area (Å²) in [6.45, 7) is 0. The van der Waals surface area contributed by atoms with Gasteiger partial charge in [0.25, 0.3) is 0 Å². The lowest BCUT2D eigenvalue weighted by Gasteiger charge is -2.18. The first-order chi connectivity index (χ1) is 12.3. The van der Waals surface area contributed by atoms with Gasteiger partial charge in [0.1, 0.15) is 17.2 Å². The lowest BCUT2D eigenvalue weighted by atomic mass is 10.0. The maximum Gasteiger partial charge on any atom is 0.134 e. The van der Waals surface area contributed by atoms with Crippen LogP contribution in [0.3, 0.4) is 0 Å². The highest BCUT2D eigenvalue weighted by molar-refractivity contribution is 5.88. The van der Waals surface area contributed by atoms with E-state index in [2.05, 4.69) is 5.32 Å². The third-order valence-corrected chi connectivity index (χ3v) is 3.96. The summed E-state index contributed by atoms with van der Waals surface area (Å²) in [5.41, 5.74) is 3.85. The predicted octanol–water partition coefficient (Wildman–Crippen LogP) is 5.12. The van der Waals surface area contributed by atoms with E-state index >= 15 is 0 Å². The van der Waals surface area contributed by atoms with Crippen molar-refractivity contribution in [3.05, 3.63) is 66.7 Å². The second kappa shape index (κ2) is 7.62. The van der Waals surface area contributed by atoms with Gasteiger partial charge in [0.05, 0.1) is 26.9 Å². The summed E-state index contributed by atoms with van der Waals surface area (Å²) in [7, 11) is 4.91. The topological polar surface area (TPSA) is 39.7 Å². The Labute approximate surface area is 148 Å². The smallest absolute Gasteiger partial charge is 0.134 e. The zero-order valence-corrected chi connectivity index (χ0v) is 14.6. The average molecular weight is 335 g/mol. The van der Waals surface area contributed by atoms with E-state index in [1.165, 1.54) is 0 Å². The van der Waals surface area contributed by atoms with Gasteiger partial charge in [0.15, 0.2) is 0 Å². The second-order valence-electron chi connectivity index (χ2n) is 5.44. The SMILES string of the molecule is COc1cc(OC)c(-c2ccccc2Nc2ccccc2)c(OC)c1. The van der Waals surface area contributed by atoms with Crippen molar-refractivity contribution in [3.8, 4) is 28.4 Å². The Morgan fingerprint density at radius 2 is 1.28 bits per heavy atom. The van der Waals surface area contributed by atoms with Crippen molar-refractivity contribution in [2.24, 2.45) is 0 Å². The molecule has 0 spiro atoms. The number of methoxy groups -OCH3 is 3. The molecule has 0 heterocycles. The summed E-state index contributed by atoms with van der Waals surface area (Å²) in [5.74, 6) is 2.07. The molecule has 1 N–H and O–H groups in total. The van der Waals surface area contributed by atoms with Gasteiger partial charge in [-0.2, -0.15) is 0 Å². The van der Waals surface area contributed by atoms with E-state index in [-0.39, 0.29) is 0 Å². The number of para-hydroxylation sites is 2. The van der Waals surface area contributed by atoms with Crippen molar-refractivity contribution in [1.29, 1.82) is 0 Å². The molecular weight excluding hydrogens is 314 g/mol. The monoisotopic (exact) mass is 335 g/mol. The highest BCUT2D eigenvalue weighted by Gasteiger charge is 2.18. The summed E-state index contributed by atoms with van der Waals surface area (Å²) >= 11 is 0. The van der Waals surface area contributed by atoms with Crippen LogP contribution in [-0.2, 0) is 0 Å². The molecule has 3 aromatic carbocycles. The van der Waals surface area contributed by atoms with Gasteiger partial charge in [-0.15, -0.1) is 0 Å². The molecule has 0 atom stereocenters. The third-order valence-electron chi connectivity index (χ3n) is 3.96. The number of rotatable bonds is 6. The van der Waals surface area contributed by atoms with Crippen LogP contribution in [0.15, 0.2) is 66.7 Å². The first kappa shape index (κ1) is 16.7. The van der Waals surface area contributed by atoms with Crippen molar-refractivity contribution >= 4 is 11.4 Å².